The Morgan fingerprint density at radius 1 is 0.450 bits per heavy atom. The van der Waals surface area contributed by atoms with Gasteiger partial charge in [-0.1, -0.05) is 115 Å². The summed E-state index contributed by atoms with van der Waals surface area (Å²) in [7, 11) is 0. The molecule has 0 bridgehead atoms. The molecule has 282 valence electrons. The Kier molecular flexibility index (Phi) is 8.00. The zero-order valence-corrected chi connectivity index (χ0v) is 33.2. The molecule has 0 amide bonds. The molecule has 0 aliphatic rings. The van der Waals surface area contributed by atoms with Gasteiger partial charge < -0.3 is 13.9 Å². The Morgan fingerprint density at radius 3 is 1.90 bits per heavy atom. The van der Waals surface area contributed by atoms with E-state index in [1.54, 1.807) is 0 Å². The van der Waals surface area contributed by atoms with Gasteiger partial charge in [-0.05, 0) is 119 Å². The summed E-state index contributed by atoms with van der Waals surface area (Å²) in [4.78, 5) is 7.33. The van der Waals surface area contributed by atoms with Crippen molar-refractivity contribution in [2.45, 2.75) is 0 Å². The standard InChI is InChI=1S/C55H35N3OS/c1-4-16-36(17-5-1)38-32-39(34-42(33-38)58-47-25-12-10-22-43(47)53-44(23-14-26-48(53)58)55-56-46-24-11-13-28-50(46)59-55)37-30-31-51-45(35-37)54-49(27-15-29-52(54)60-51)57(40-18-6-2-7-19-40)41-20-8-3-9-21-41/h1-35H. The highest BCUT2D eigenvalue weighted by Gasteiger charge is 2.22. The molecular formula is C55H35N3OS. The van der Waals surface area contributed by atoms with Gasteiger partial charge in [0.2, 0.25) is 5.89 Å². The van der Waals surface area contributed by atoms with Crippen LogP contribution >= 0.6 is 11.3 Å². The molecule has 0 radical (unpaired) electrons. The van der Waals surface area contributed by atoms with Gasteiger partial charge in [-0.15, -0.1) is 11.3 Å². The van der Waals surface area contributed by atoms with Gasteiger partial charge >= 0.3 is 0 Å². The van der Waals surface area contributed by atoms with E-state index >= 15 is 0 Å². The minimum absolute atomic E-state index is 0.622. The smallest absolute Gasteiger partial charge is 0.228 e. The van der Waals surface area contributed by atoms with Crippen LogP contribution in [0.3, 0.4) is 0 Å². The molecule has 60 heavy (non-hydrogen) atoms. The number of oxazole rings is 1. The number of nitrogens with zero attached hydrogens (tertiary/aromatic N) is 3. The number of fused-ring (bicyclic) bond motifs is 7. The first-order valence-corrected chi connectivity index (χ1v) is 21.0. The molecule has 12 rings (SSSR count). The van der Waals surface area contributed by atoms with Crippen LogP contribution in [0.4, 0.5) is 17.1 Å². The van der Waals surface area contributed by atoms with Crippen molar-refractivity contribution in [2.24, 2.45) is 0 Å². The summed E-state index contributed by atoms with van der Waals surface area (Å²) in [5.41, 5.74) is 13.9. The molecule has 0 saturated heterocycles. The lowest BCUT2D eigenvalue weighted by Crippen LogP contribution is -2.09. The molecule has 0 fully saturated rings. The maximum Gasteiger partial charge on any atom is 0.228 e. The van der Waals surface area contributed by atoms with Gasteiger partial charge in [0.05, 0.1) is 16.7 Å². The maximum absolute atomic E-state index is 6.39. The zero-order chi connectivity index (χ0) is 39.6. The van der Waals surface area contributed by atoms with Gasteiger partial charge in [-0.25, -0.2) is 4.98 Å². The van der Waals surface area contributed by atoms with Crippen LogP contribution in [0, 0.1) is 0 Å². The second kappa shape index (κ2) is 14.0. The largest absolute Gasteiger partial charge is 0.436 e. The second-order valence-corrected chi connectivity index (χ2v) is 16.2. The van der Waals surface area contributed by atoms with E-state index in [0.29, 0.717) is 5.89 Å². The minimum Gasteiger partial charge on any atom is -0.436 e. The molecule has 9 aromatic carbocycles. The second-order valence-electron chi connectivity index (χ2n) is 15.1. The van der Waals surface area contributed by atoms with E-state index in [0.717, 1.165) is 77.9 Å². The van der Waals surface area contributed by atoms with E-state index in [1.165, 1.54) is 25.7 Å². The number of hydrogen-bond acceptors (Lipinski definition) is 4. The van der Waals surface area contributed by atoms with Crippen LogP contribution < -0.4 is 4.90 Å². The van der Waals surface area contributed by atoms with Crippen LogP contribution in [-0.2, 0) is 0 Å². The summed E-state index contributed by atoms with van der Waals surface area (Å²) in [5, 5.41) is 4.76. The SMILES string of the molecule is c1ccc(-c2cc(-c3ccc4sc5cccc(N(c6ccccc6)c6ccccc6)c5c4c3)cc(-n3c4ccccc4c4c(-c5nc6ccccc6o5)cccc43)c2)cc1. The number of para-hydroxylation sites is 5. The summed E-state index contributed by atoms with van der Waals surface area (Å²) in [6.45, 7) is 0. The predicted octanol–water partition coefficient (Wildman–Crippen LogP) is 15.8. The van der Waals surface area contributed by atoms with E-state index in [4.69, 9.17) is 9.40 Å². The van der Waals surface area contributed by atoms with Crippen LogP contribution in [-0.4, -0.2) is 9.55 Å². The fourth-order valence-electron chi connectivity index (χ4n) is 8.92. The van der Waals surface area contributed by atoms with Crippen LogP contribution in [0.2, 0.25) is 0 Å². The highest BCUT2D eigenvalue weighted by atomic mass is 32.1. The minimum atomic E-state index is 0.622. The van der Waals surface area contributed by atoms with Crippen LogP contribution in [0.5, 0.6) is 0 Å². The lowest BCUT2D eigenvalue weighted by Gasteiger charge is -2.26. The predicted molar refractivity (Wildman–Crippen MR) is 252 cm³/mol. The highest BCUT2D eigenvalue weighted by Crippen LogP contribution is 2.46. The Bertz CT molecular complexity index is 3480. The Morgan fingerprint density at radius 2 is 1.12 bits per heavy atom. The van der Waals surface area contributed by atoms with Crippen molar-refractivity contribution in [1.29, 1.82) is 0 Å². The quantitative estimate of drug-likeness (QED) is 0.161. The van der Waals surface area contributed by atoms with Crippen molar-refractivity contribution in [1.82, 2.24) is 9.55 Å². The summed E-state index contributed by atoms with van der Waals surface area (Å²) >= 11 is 1.85. The molecule has 0 aliphatic heterocycles. The van der Waals surface area contributed by atoms with Crippen molar-refractivity contribution >= 4 is 81.5 Å². The van der Waals surface area contributed by atoms with Crippen LogP contribution in [0.15, 0.2) is 217 Å². The first kappa shape index (κ1) is 34.3. The summed E-state index contributed by atoms with van der Waals surface area (Å²) < 4.78 is 11.3. The number of anilines is 3. The number of hydrogen-bond donors (Lipinski definition) is 0. The van der Waals surface area contributed by atoms with Gasteiger partial charge in [-0.2, -0.15) is 0 Å². The van der Waals surface area contributed by atoms with Gasteiger partial charge in [0.25, 0.3) is 0 Å². The molecule has 4 nitrogen and oxygen atoms in total. The monoisotopic (exact) mass is 785 g/mol. The highest BCUT2D eigenvalue weighted by molar-refractivity contribution is 7.26. The average Bonchev–Trinajstić information content (AvgIpc) is 4.02. The average molecular weight is 786 g/mol. The molecule has 0 aliphatic carbocycles. The van der Waals surface area contributed by atoms with E-state index in [1.807, 2.05) is 35.6 Å². The van der Waals surface area contributed by atoms with Gasteiger partial charge in [0, 0.05) is 53.6 Å². The normalized spacial score (nSPS) is 11.7. The lowest BCUT2D eigenvalue weighted by molar-refractivity contribution is 0.620. The van der Waals surface area contributed by atoms with E-state index in [-0.39, 0.29) is 0 Å². The van der Waals surface area contributed by atoms with Gasteiger partial charge in [-0.3, -0.25) is 0 Å². The van der Waals surface area contributed by atoms with Crippen molar-refractivity contribution < 1.29 is 4.42 Å². The van der Waals surface area contributed by atoms with Gasteiger partial charge in [0.15, 0.2) is 5.58 Å². The van der Waals surface area contributed by atoms with Gasteiger partial charge in [0.1, 0.15) is 5.52 Å². The first-order valence-electron chi connectivity index (χ1n) is 20.2. The fourth-order valence-corrected chi connectivity index (χ4v) is 10.0. The molecule has 5 heteroatoms. The molecule has 12 aromatic rings. The lowest BCUT2D eigenvalue weighted by atomic mass is 9.96. The van der Waals surface area contributed by atoms with E-state index in [9.17, 15) is 0 Å². The van der Waals surface area contributed by atoms with Crippen molar-refractivity contribution in [3.05, 3.63) is 212 Å². The molecular weight excluding hydrogens is 751 g/mol. The zero-order valence-electron chi connectivity index (χ0n) is 32.4. The summed E-state index contributed by atoms with van der Waals surface area (Å²) in [6, 6.07) is 75.9. The van der Waals surface area contributed by atoms with Crippen LogP contribution in [0.1, 0.15) is 0 Å². The first-order chi connectivity index (χ1) is 29.7. The van der Waals surface area contributed by atoms with E-state index in [2.05, 4.69) is 198 Å². The number of thiophene rings is 1. The topological polar surface area (TPSA) is 34.2 Å². The third kappa shape index (κ3) is 5.63. The molecule has 0 saturated carbocycles. The fraction of sp³-hybridized carbons (Fsp3) is 0. The summed E-state index contributed by atoms with van der Waals surface area (Å²) in [6.07, 6.45) is 0. The van der Waals surface area contributed by atoms with Crippen molar-refractivity contribution in [2.75, 3.05) is 4.90 Å². The Balaban J connectivity index is 1.09. The third-order valence-electron chi connectivity index (χ3n) is 11.6. The molecule has 0 unspecified atom stereocenters. The molecule has 0 N–H and O–H groups in total. The third-order valence-corrected chi connectivity index (χ3v) is 12.7. The number of rotatable bonds is 7. The van der Waals surface area contributed by atoms with Crippen LogP contribution in [0.25, 0.3) is 92.5 Å². The molecule has 3 aromatic heterocycles. The van der Waals surface area contributed by atoms with E-state index < -0.39 is 0 Å². The van der Waals surface area contributed by atoms with Crippen molar-refractivity contribution in [3.63, 3.8) is 0 Å². The number of benzene rings is 9. The Hall–Kier alpha value is -7.73. The summed E-state index contributed by atoms with van der Waals surface area (Å²) in [5.74, 6) is 0.622. The molecule has 0 spiro atoms. The molecule has 3 heterocycles. The van der Waals surface area contributed by atoms with Crippen molar-refractivity contribution in [3.8, 4) is 39.4 Å². The Labute approximate surface area is 350 Å². The molecule has 0 atom stereocenters. The number of aromatic nitrogens is 2. The maximum atomic E-state index is 6.39.